The van der Waals surface area contributed by atoms with Gasteiger partial charge in [0.15, 0.2) is 0 Å². The molecule has 0 radical (unpaired) electrons. The van der Waals surface area contributed by atoms with Crippen molar-refractivity contribution in [3.63, 3.8) is 0 Å². The second-order valence-corrected chi connectivity index (χ2v) is 4.49. The molecule has 0 aromatic heterocycles. The molecule has 0 saturated carbocycles. The van der Waals surface area contributed by atoms with Crippen LogP contribution in [0.25, 0.3) is 0 Å². The number of unbranched alkanes of at least 4 members (excludes halogenated alkanes) is 10. The standard InChI is InChI=1S/C13H29NO/c1-2-3-4-5-6-7-8-9-10-11-12-13-14-15/h2-14H2,1H3. The fourth-order valence-corrected chi connectivity index (χ4v) is 1.89. The molecule has 92 valence electrons. The highest BCUT2D eigenvalue weighted by Gasteiger charge is 1.92. The molecule has 2 nitrogen and oxygen atoms in total. The van der Waals surface area contributed by atoms with Crippen molar-refractivity contribution in [2.24, 2.45) is 0 Å². The largest absolute Gasteiger partial charge is 0.636 e. The van der Waals surface area contributed by atoms with Crippen LogP contribution in [-0.2, 0) is 0 Å². The first-order valence-corrected chi connectivity index (χ1v) is 6.85. The molecule has 0 bridgehead atoms. The lowest BCUT2D eigenvalue weighted by atomic mass is 10.1. The van der Waals surface area contributed by atoms with E-state index >= 15 is 0 Å². The SMILES string of the molecule is CCCCCCCCCCCCC[NH2+][O-]. The molecule has 0 unspecified atom stereocenters. The highest BCUT2D eigenvalue weighted by Crippen LogP contribution is 2.10. The van der Waals surface area contributed by atoms with Gasteiger partial charge in [-0.2, -0.15) is 0 Å². The fourth-order valence-electron chi connectivity index (χ4n) is 1.89. The molecule has 0 aliphatic heterocycles. The minimum atomic E-state index is 0.761. The van der Waals surface area contributed by atoms with E-state index in [0.29, 0.717) is 0 Å². The van der Waals surface area contributed by atoms with Gasteiger partial charge in [-0.1, -0.05) is 64.7 Å². The molecular formula is C13H29NO. The van der Waals surface area contributed by atoms with Gasteiger partial charge in [0, 0.05) is 0 Å². The average Bonchev–Trinajstić information content (AvgIpc) is 2.26. The zero-order chi connectivity index (χ0) is 11.2. The first-order chi connectivity index (χ1) is 7.41. The van der Waals surface area contributed by atoms with Crippen LogP contribution >= 0.6 is 0 Å². The lowest BCUT2D eigenvalue weighted by Crippen LogP contribution is -2.77. The molecule has 0 fully saturated rings. The maximum atomic E-state index is 10.1. The van der Waals surface area contributed by atoms with E-state index in [1.807, 2.05) is 0 Å². The maximum absolute atomic E-state index is 10.1. The molecule has 0 aliphatic carbocycles. The summed E-state index contributed by atoms with van der Waals surface area (Å²) in [4.78, 5) is 0. The lowest BCUT2D eigenvalue weighted by molar-refractivity contribution is -0.589. The first kappa shape index (κ1) is 14.9. The van der Waals surface area contributed by atoms with E-state index in [1.54, 1.807) is 0 Å². The predicted octanol–water partition coefficient (Wildman–Crippen LogP) is 3.36. The van der Waals surface area contributed by atoms with Gasteiger partial charge in [-0.25, -0.2) is 0 Å². The molecule has 0 spiro atoms. The third-order valence-electron chi connectivity index (χ3n) is 2.93. The predicted molar refractivity (Wildman–Crippen MR) is 66.6 cm³/mol. The summed E-state index contributed by atoms with van der Waals surface area (Å²) in [5, 5.41) is 10.1. The number of quaternary nitrogens is 1. The van der Waals surface area contributed by atoms with Crippen LogP contribution in [-0.4, -0.2) is 6.54 Å². The van der Waals surface area contributed by atoms with E-state index in [9.17, 15) is 5.21 Å². The Kier molecular flexibility index (Phi) is 13.8. The van der Waals surface area contributed by atoms with Crippen molar-refractivity contribution in [2.75, 3.05) is 6.54 Å². The van der Waals surface area contributed by atoms with E-state index in [2.05, 4.69) is 6.92 Å². The van der Waals surface area contributed by atoms with Crippen LogP contribution in [0.1, 0.15) is 77.6 Å². The Bertz CT molecular complexity index is 94.7. The molecule has 0 aromatic carbocycles. The molecule has 2 N–H and O–H groups in total. The molecule has 0 rings (SSSR count). The van der Waals surface area contributed by atoms with E-state index < -0.39 is 0 Å². The smallest absolute Gasteiger partial charge is 0.0752 e. The van der Waals surface area contributed by atoms with Gasteiger partial charge >= 0.3 is 0 Å². The van der Waals surface area contributed by atoms with Gasteiger partial charge in [-0.05, 0) is 12.8 Å². The van der Waals surface area contributed by atoms with Gasteiger partial charge in [0.2, 0.25) is 0 Å². The Labute approximate surface area is 95.4 Å². The third-order valence-corrected chi connectivity index (χ3v) is 2.93. The summed E-state index contributed by atoms with van der Waals surface area (Å²) < 4.78 is 0. The van der Waals surface area contributed by atoms with Crippen molar-refractivity contribution in [2.45, 2.75) is 77.6 Å². The van der Waals surface area contributed by atoms with Crippen LogP contribution < -0.4 is 5.48 Å². The van der Waals surface area contributed by atoms with Gasteiger partial charge in [-0.3, -0.25) is 0 Å². The van der Waals surface area contributed by atoms with E-state index in [4.69, 9.17) is 0 Å². The monoisotopic (exact) mass is 215 g/mol. The van der Waals surface area contributed by atoms with Crippen molar-refractivity contribution in [3.05, 3.63) is 5.21 Å². The number of hydrogen-bond acceptors (Lipinski definition) is 1. The number of nitrogens with two attached hydrogens (primary N) is 1. The number of hydrogen-bond donors (Lipinski definition) is 1. The Morgan fingerprint density at radius 3 is 1.47 bits per heavy atom. The first-order valence-electron chi connectivity index (χ1n) is 6.85. The summed E-state index contributed by atoms with van der Waals surface area (Å²) in [6, 6.07) is 0. The normalized spacial score (nSPS) is 10.8. The maximum Gasteiger partial charge on any atom is 0.0752 e. The molecule has 0 amide bonds. The Balaban J connectivity index is 2.81. The van der Waals surface area contributed by atoms with Gasteiger partial charge in [0.1, 0.15) is 0 Å². The molecule has 0 saturated heterocycles. The lowest BCUT2D eigenvalue weighted by Gasteiger charge is -2.03. The summed E-state index contributed by atoms with van der Waals surface area (Å²) in [6.45, 7) is 3.02. The molecule has 0 heterocycles. The zero-order valence-corrected chi connectivity index (χ0v) is 10.5. The fraction of sp³-hybridized carbons (Fsp3) is 1.00. The molecular weight excluding hydrogens is 186 g/mol. The average molecular weight is 215 g/mol. The van der Waals surface area contributed by atoms with E-state index in [0.717, 1.165) is 18.4 Å². The third kappa shape index (κ3) is 13.9. The molecule has 15 heavy (non-hydrogen) atoms. The van der Waals surface area contributed by atoms with Crippen molar-refractivity contribution >= 4 is 0 Å². The van der Waals surface area contributed by atoms with Crippen LogP contribution in [0.3, 0.4) is 0 Å². The Hall–Kier alpha value is -0.0800. The van der Waals surface area contributed by atoms with Crippen molar-refractivity contribution in [3.8, 4) is 0 Å². The van der Waals surface area contributed by atoms with Crippen LogP contribution in [0.5, 0.6) is 0 Å². The summed E-state index contributed by atoms with van der Waals surface area (Å²) >= 11 is 0. The van der Waals surface area contributed by atoms with Crippen LogP contribution in [0.4, 0.5) is 0 Å². The van der Waals surface area contributed by atoms with Gasteiger partial charge in [0.05, 0.1) is 6.54 Å². The quantitative estimate of drug-likeness (QED) is 0.393. The number of hydroxylamine groups is 1. The molecule has 2 heteroatoms. The zero-order valence-electron chi connectivity index (χ0n) is 10.5. The summed E-state index contributed by atoms with van der Waals surface area (Å²) in [6.07, 6.45) is 14.9. The second-order valence-electron chi connectivity index (χ2n) is 4.49. The molecule has 0 aliphatic rings. The van der Waals surface area contributed by atoms with Gasteiger partial charge in [0.25, 0.3) is 0 Å². The summed E-state index contributed by atoms with van der Waals surface area (Å²) in [5.41, 5.74) is 1.04. The Morgan fingerprint density at radius 1 is 0.667 bits per heavy atom. The summed E-state index contributed by atoms with van der Waals surface area (Å²) in [5.74, 6) is 0. The van der Waals surface area contributed by atoms with Gasteiger partial charge < -0.3 is 10.7 Å². The minimum absolute atomic E-state index is 0.761. The van der Waals surface area contributed by atoms with E-state index in [-0.39, 0.29) is 0 Å². The van der Waals surface area contributed by atoms with Crippen LogP contribution in [0.2, 0.25) is 0 Å². The highest BCUT2D eigenvalue weighted by molar-refractivity contribution is 4.47. The highest BCUT2D eigenvalue weighted by atomic mass is 16.5. The van der Waals surface area contributed by atoms with Crippen molar-refractivity contribution in [1.29, 1.82) is 0 Å². The molecule has 0 atom stereocenters. The topological polar surface area (TPSA) is 39.7 Å². The van der Waals surface area contributed by atoms with Crippen LogP contribution in [0, 0.1) is 5.21 Å². The van der Waals surface area contributed by atoms with Crippen molar-refractivity contribution in [1.82, 2.24) is 0 Å². The second kappa shape index (κ2) is 13.9. The van der Waals surface area contributed by atoms with E-state index in [1.165, 1.54) is 64.2 Å². The Morgan fingerprint density at radius 2 is 1.07 bits per heavy atom. The van der Waals surface area contributed by atoms with Crippen LogP contribution in [0.15, 0.2) is 0 Å². The number of rotatable bonds is 12. The van der Waals surface area contributed by atoms with Crippen molar-refractivity contribution < 1.29 is 5.48 Å². The summed E-state index contributed by atoms with van der Waals surface area (Å²) in [7, 11) is 0. The van der Waals surface area contributed by atoms with Gasteiger partial charge in [-0.15, -0.1) is 0 Å². The molecule has 0 aromatic rings. The minimum Gasteiger partial charge on any atom is -0.636 e.